The third-order valence-electron chi connectivity index (χ3n) is 4.18. The van der Waals surface area contributed by atoms with Gasteiger partial charge in [0.2, 0.25) is 0 Å². The Kier molecular flexibility index (Phi) is 4.68. The first kappa shape index (κ1) is 15.0. The van der Waals surface area contributed by atoms with Crippen LogP contribution in [0.4, 0.5) is 4.39 Å². The molecule has 1 aromatic carbocycles. The number of hydrogen-bond acceptors (Lipinski definition) is 4. The molecular formula is C16H21FN4O. The summed E-state index contributed by atoms with van der Waals surface area (Å²) in [6.07, 6.45) is 5.90. The van der Waals surface area contributed by atoms with Crippen molar-refractivity contribution in [2.24, 2.45) is 5.92 Å². The first-order chi connectivity index (χ1) is 10.8. The highest BCUT2D eigenvalue weighted by Crippen LogP contribution is 2.24. The van der Waals surface area contributed by atoms with E-state index in [1.807, 2.05) is 23.0 Å². The van der Waals surface area contributed by atoms with Crippen LogP contribution in [-0.2, 0) is 13.1 Å². The molecule has 0 saturated carbocycles. The van der Waals surface area contributed by atoms with E-state index in [-0.39, 0.29) is 5.82 Å². The van der Waals surface area contributed by atoms with Gasteiger partial charge in [0.05, 0.1) is 13.3 Å². The topological polar surface area (TPSA) is 43.2 Å². The van der Waals surface area contributed by atoms with Gasteiger partial charge >= 0.3 is 0 Å². The lowest BCUT2D eigenvalue weighted by Crippen LogP contribution is -2.36. The van der Waals surface area contributed by atoms with E-state index < -0.39 is 0 Å². The Morgan fingerprint density at radius 3 is 3.09 bits per heavy atom. The molecule has 0 aliphatic carbocycles. The van der Waals surface area contributed by atoms with Crippen molar-refractivity contribution in [1.29, 1.82) is 0 Å². The van der Waals surface area contributed by atoms with Crippen molar-refractivity contribution in [2.45, 2.75) is 25.9 Å². The molecule has 1 atom stereocenters. The van der Waals surface area contributed by atoms with E-state index in [0.29, 0.717) is 23.8 Å². The molecular weight excluding hydrogens is 283 g/mol. The lowest BCUT2D eigenvalue weighted by molar-refractivity contribution is 0.151. The maximum Gasteiger partial charge on any atom is 0.169 e. The first-order valence-electron chi connectivity index (χ1n) is 7.64. The number of benzene rings is 1. The van der Waals surface area contributed by atoms with E-state index >= 15 is 0 Å². The average Bonchev–Trinajstić information content (AvgIpc) is 3.03. The molecule has 1 aliphatic rings. The Labute approximate surface area is 129 Å². The van der Waals surface area contributed by atoms with Crippen LogP contribution in [0.3, 0.4) is 0 Å². The van der Waals surface area contributed by atoms with Crippen LogP contribution in [0.2, 0.25) is 0 Å². The standard InChI is InChI=1S/C16H21FN4O/c1-22-15-6-2-5-14(16(15)17)12-20-8-3-4-13(10-20)11-21-9-7-18-19-21/h2,5-7,9,13H,3-4,8,10-12H2,1H3. The molecule has 3 rings (SSSR count). The van der Waals surface area contributed by atoms with Crippen molar-refractivity contribution in [2.75, 3.05) is 20.2 Å². The van der Waals surface area contributed by atoms with E-state index in [1.54, 1.807) is 12.3 Å². The van der Waals surface area contributed by atoms with Crippen LogP contribution in [0, 0.1) is 11.7 Å². The third-order valence-corrected chi connectivity index (χ3v) is 4.18. The largest absolute Gasteiger partial charge is 0.494 e. The second-order valence-electron chi connectivity index (χ2n) is 5.80. The second kappa shape index (κ2) is 6.87. The number of aromatic nitrogens is 3. The van der Waals surface area contributed by atoms with Crippen molar-refractivity contribution < 1.29 is 9.13 Å². The minimum atomic E-state index is -0.247. The van der Waals surface area contributed by atoms with Gasteiger partial charge < -0.3 is 4.74 Å². The minimum absolute atomic E-state index is 0.247. The molecule has 1 saturated heterocycles. The molecule has 0 bridgehead atoms. The van der Waals surface area contributed by atoms with Crippen molar-refractivity contribution >= 4 is 0 Å². The SMILES string of the molecule is COc1cccc(CN2CCCC(Cn3ccnn3)C2)c1F. The molecule has 6 heteroatoms. The van der Waals surface area contributed by atoms with Crippen LogP contribution in [-0.4, -0.2) is 40.1 Å². The quantitative estimate of drug-likeness (QED) is 0.850. The van der Waals surface area contributed by atoms with Gasteiger partial charge in [-0.2, -0.15) is 0 Å². The van der Waals surface area contributed by atoms with Crippen molar-refractivity contribution in [3.05, 3.63) is 42.0 Å². The van der Waals surface area contributed by atoms with Gasteiger partial charge in [-0.05, 0) is 31.4 Å². The van der Waals surface area contributed by atoms with Gasteiger partial charge in [-0.1, -0.05) is 17.3 Å². The van der Waals surface area contributed by atoms with Crippen LogP contribution >= 0.6 is 0 Å². The molecule has 0 spiro atoms. The molecule has 1 aromatic heterocycles. The van der Waals surface area contributed by atoms with Gasteiger partial charge in [0.25, 0.3) is 0 Å². The van der Waals surface area contributed by atoms with Gasteiger partial charge in [0, 0.05) is 31.4 Å². The highest BCUT2D eigenvalue weighted by Gasteiger charge is 2.22. The number of hydrogen-bond donors (Lipinski definition) is 0. The van der Waals surface area contributed by atoms with Gasteiger partial charge in [0.1, 0.15) is 0 Å². The molecule has 22 heavy (non-hydrogen) atoms. The van der Waals surface area contributed by atoms with E-state index in [1.165, 1.54) is 13.5 Å². The van der Waals surface area contributed by atoms with E-state index in [0.717, 1.165) is 26.1 Å². The number of methoxy groups -OCH3 is 1. The predicted octanol–water partition coefficient (Wildman–Crippen LogP) is 2.34. The third kappa shape index (κ3) is 3.44. The number of nitrogens with zero attached hydrogens (tertiary/aromatic N) is 4. The Bertz CT molecular complexity index is 602. The number of rotatable bonds is 5. The molecule has 0 amide bonds. The molecule has 2 aromatic rings. The van der Waals surface area contributed by atoms with E-state index in [2.05, 4.69) is 15.2 Å². The van der Waals surface area contributed by atoms with Gasteiger partial charge in [0.15, 0.2) is 11.6 Å². The molecule has 1 fully saturated rings. The second-order valence-corrected chi connectivity index (χ2v) is 5.80. The summed E-state index contributed by atoms with van der Waals surface area (Å²) in [6, 6.07) is 5.33. The zero-order valence-electron chi connectivity index (χ0n) is 12.8. The summed E-state index contributed by atoms with van der Waals surface area (Å²) in [5, 5.41) is 7.87. The first-order valence-corrected chi connectivity index (χ1v) is 7.64. The van der Waals surface area contributed by atoms with Gasteiger partial charge in [-0.25, -0.2) is 4.39 Å². The molecule has 2 heterocycles. The van der Waals surface area contributed by atoms with Crippen LogP contribution in [0.1, 0.15) is 18.4 Å². The average molecular weight is 304 g/mol. The summed E-state index contributed by atoms with van der Waals surface area (Å²) < 4.78 is 21.2. The highest BCUT2D eigenvalue weighted by molar-refractivity contribution is 5.31. The lowest BCUT2D eigenvalue weighted by Gasteiger charge is -2.32. The normalized spacial score (nSPS) is 19.3. The molecule has 1 aliphatic heterocycles. The lowest BCUT2D eigenvalue weighted by atomic mass is 9.97. The summed E-state index contributed by atoms with van der Waals surface area (Å²) in [4.78, 5) is 2.31. The zero-order valence-corrected chi connectivity index (χ0v) is 12.8. The molecule has 1 unspecified atom stereocenters. The Morgan fingerprint density at radius 2 is 2.32 bits per heavy atom. The summed E-state index contributed by atoms with van der Waals surface area (Å²) in [6.45, 7) is 3.45. The molecule has 118 valence electrons. The fourth-order valence-electron chi connectivity index (χ4n) is 3.12. The van der Waals surface area contributed by atoms with E-state index in [4.69, 9.17) is 4.74 Å². The summed E-state index contributed by atoms with van der Waals surface area (Å²) in [5.74, 6) is 0.598. The van der Waals surface area contributed by atoms with E-state index in [9.17, 15) is 4.39 Å². The fraction of sp³-hybridized carbons (Fsp3) is 0.500. The smallest absolute Gasteiger partial charge is 0.169 e. The van der Waals surface area contributed by atoms with Crippen molar-refractivity contribution in [1.82, 2.24) is 19.9 Å². The van der Waals surface area contributed by atoms with Crippen LogP contribution in [0.5, 0.6) is 5.75 Å². The Morgan fingerprint density at radius 1 is 1.41 bits per heavy atom. The van der Waals surface area contributed by atoms with Crippen LogP contribution in [0.25, 0.3) is 0 Å². The number of halogens is 1. The summed E-state index contributed by atoms with van der Waals surface area (Å²) in [7, 11) is 1.50. The molecule has 0 N–H and O–H groups in total. The zero-order chi connectivity index (χ0) is 15.4. The predicted molar refractivity (Wildman–Crippen MR) is 81.0 cm³/mol. The van der Waals surface area contributed by atoms with Gasteiger partial charge in [-0.3, -0.25) is 9.58 Å². The monoisotopic (exact) mass is 304 g/mol. The number of ether oxygens (including phenoxy) is 1. The number of piperidine rings is 1. The van der Waals surface area contributed by atoms with Crippen LogP contribution in [0.15, 0.2) is 30.6 Å². The molecule has 0 radical (unpaired) electrons. The Hall–Kier alpha value is -1.95. The summed E-state index contributed by atoms with van der Waals surface area (Å²) in [5.41, 5.74) is 0.695. The maximum absolute atomic E-state index is 14.3. The molecule has 5 nitrogen and oxygen atoms in total. The van der Waals surface area contributed by atoms with Gasteiger partial charge in [-0.15, -0.1) is 5.10 Å². The number of likely N-dealkylation sites (tertiary alicyclic amines) is 1. The summed E-state index contributed by atoms with van der Waals surface area (Å²) >= 11 is 0. The van der Waals surface area contributed by atoms with Crippen molar-refractivity contribution in [3.63, 3.8) is 0 Å². The fourth-order valence-corrected chi connectivity index (χ4v) is 3.12. The highest BCUT2D eigenvalue weighted by atomic mass is 19.1. The van der Waals surface area contributed by atoms with Crippen molar-refractivity contribution in [3.8, 4) is 5.75 Å². The minimum Gasteiger partial charge on any atom is -0.494 e. The Balaban J connectivity index is 1.63. The van der Waals surface area contributed by atoms with Crippen LogP contribution < -0.4 is 4.74 Å². The maximum atomic E-state index is 14.3.